The molecule has 4 rings (SSSR count). The van der Waals surface area contributed by atoms with Crippen LogP contribution in [0.25, 0.3) is 10.2 Å². The first-order chi connectivity index (χ1) is 13.9. The van der Waals surface area contributed by atoms with Gasteiger partial charge in [-0.15, -0.1) is 0 Å². The molecule has 0 saturated carbocycles. The number of non-ortho nitro benzene ring substituents is 1. The van der Waals surface area contributed by atoms with Gasteiger partial charge in [0.05, 0.1) is 21.6 Å². The number of nitrogens with zero attached hydrogens (tertiary/aromatic N) is 4. The minimum Gasteiger partial charge on any atom is -0.345 e. The van der Waals surface area contributed by atoms with Crippen LogP contribution in [0, 0.1) is 24.0 Å². The first-order valence-corrected chi connectivity index (χ1v) is 10.4. The lowest BCUT2D eigenvalue weighted by molar-refractivity contribution is -0.384. The first kappa shape index (κ1) is 19.3. The van der Waals surface area contributed by atoms with E-state index in [-0.39, 0.29) is 16.5 Å². The summed E-state index contributed by atoms with van der Waals surface area (Å²) in [5.41, 5.74) is 4.24. The highest BCUT2D eigenvalue weighted by Crippen LogP contribution is 2.31. The molecule has 0 unspecified atom stereocenters. The molecule has 0 radical (unpaired) electrons. The molecule has 29 heavy (non-hydrogen) atoms. The van der Waals surface area contributed by atoms with E-state index in [0.29, 0.717) is 32.6 Å². The first-order valence-electron chi connectivity index (χ1n) is 9.54. The number of anilines is 1. The number of nitro groups is 1. The van der Waals surface area contributed by atoms with Gasteiger partial charge in [0.1, 0.15) is 0 Å². The Morgan fingerprint density at radius 1 is 1.14 bits per heavy atom. The molecule has 2 aromatic carbocycles. The third-order valence-electron chi connectivity index (χ3n) is 5.32. The highest BCUT2D eigenvalue weighted by molar-refractivity contribution is 7.22. The third-order valence-corrected chi connectivity index (χ3v) is 6.40. The summed E-state index contributed by atoms with van der Waals surface area (Å²) in [6, 6.07) is 11.0. The van der Waals surface area contributed by atoms with Gasteiger partial charge in [0.25, 0.3) is 5.69 Å². The Hall–Kier alpha value is -3.00. The van der Waals surface area contributed by atoms with Crippen molar-refractivity contribution >= 4 is 38.3 Å². The van der Waals surface area contributed by atoms with E-state index >= 15 is 0 Å². The van der Waals surface area contributed by atoms with Gasteiger partial charge in [0, 0.05) is 38.3 Å². The maximum Gasteiger partial charge on any atom is 0.270 e. The second-order valence-corrected chi connectivity index (χ2v) is 8.39. The number of carbonyl (C=O) groups excluding carboxylic acids is 1. The number of rotatable bonds is 4. The average molecular weight is 410 g/mol. The molecule has 0 atom stereocenters. The summed E-state index contributed by atoms with van der Waals surface area (Å²) in [4.78, 5) is 32.0. The molecule has 8 heteroatoms. The maximum atomic E-state index is 12.7. The van der Waals surface area contributed by atoms with Crippen molar-refractivity contribution in [3.8, 4) is 0 Å². The molecular formula is C21H22N4O3S. The lowest BCUT2D eigenvalue weighted by Crippen LogP contribution is -2.49. The van der Waals surface area contributed by atoms with Crippen LogP contribution in [0.3, 0.4) is 0 Å². The van der Waals surface area contributed by atoms with Crippen molar-refractivity contribution in [2.75, 3.05) is 31.1 Å². The minimum atomic E-state index is -0.390. The van der Waals surface area contributed by atoms with Crippen LogP contribution in [-0.2, 0) is 11.2 Å². The highest BCUT2D eigenvalue weighted by Gasteiger charge is 2.24. The number of hydrogen-bond donors (Lipinski definition) is 0. The Labute approximate surface area is 172 Å². The van der Waals surface area contributed by atoms with Crippen LogP contribution in [0.1, 0.15) is 16.7 Å². The summed E-state index contributed by atoms with van der Waals surface area (Å²) >= 11 is 1.46. The number of carbonyl (C=O) groups is 1. The number of aromatic nitrogens is 1. The van der Waals surface area contributed by atoms with E-state index in [1.807, 2.05) is 18.7 Å². The molecule has 0 bridgehead atoms. The molecule has 1 aliphatic heterocycles. The Morgan fingerprint density at radius 3 is 2.62 bits per heavy atom. The Bertz CT molecular complexity index is 1090. The van der Waals surface area contributed by atoms with Gasteiger partial charge in [-0.05, 0) is 31.0 Å². The van der Waals surface area contributed by atoms with Crippen LogP contribution < -0.4 is 4.90 Å². The predicted molar refractivity (Wildman–Crippen MR) is 115 cm³/mol. The normalized spacial score (nSPS) is 14.4. The van der Waals surface area contributed by atoms with Crippen molar-refractivity contribution in [2.45, 2.75) is 20.3 Å². The molecule has 1 saturated heterocycles. The van der Waals surface area contributed by atoms with E-state index in [2.05, 4.69) is 28.1 Å². The molecule has 1 aliphatic rings. The number of thiazole rings is 1. The topological polar surface area (TPSA) is 79.6 Å². The molecule has 7 nitrogen and oxygen atoms in total. The van der Waals surface area contributed by atoms with Crippen molar-refractivity contribution in [1.29, 1.82) is 0 Å². The number of nitro benzene ring substituents is 1. The second-order valence-electron chi connectivity index (χ2n) is 7.38. The number of benzene rings is 2. The minimum absolute atomic E-state index is 0.0783. The van der Waals surface area contributed by atoms with Crippen molar-refractivity contribution in [3.63, 3.8) is 0 Å². The monoisotopic (exact) mass is 410 g/mol. The Balaban J connectivity index is 1.41. The zero-order chi connectivity index (χ0) is 20.5. The van der Waals surface area contributed by atoms with E-state index in [0.717, 1.165) is 26.5 Å². The molecule has 1 amide bonds. The molecule has 0 spiro atoms. The van der Waals surface area contributed by atoms with E-state index in [1.165, 1.54) is 23.0 Å². The summed E-state index contributed by atoms with van der Waals surface area (Å²) in [7, 11) is 0. The van der Waals surface area contributed by atoms with Crippen molar-refractivity contribution in [3.05, 3.63) is 63.2 Å². The van der Waals surface area contributed by atoms with Crippen LogP contribution >= 0.6 is 11.3 Å². The fraction of sp³-hybridized carbons (Fsp3) is 0.333. The molecule has 0 N–H and O–H groups in total. The van der Waals surface area contributed by atoms with Gasteiger partial charge < -0.3 is 9.80 Å². The average Bonchev–Trinajstić information content (AvgIpc) is 3.14. The van der Waals surface area contributed by atoms with Crippen LogP contribution in [0.15, 0.2) is 36.4 Å². The zero-order valence-corrected chi connectivity index (χ0v) is 17.2. The largest absolute Gasteiger partial charge is 0.345 e. The summed E-state index contributed by atoms with van der Waals surface area (Å²) in [6.07, 6.45) is 0.429. The maximum absolute atomic E-state index is 12.7. The molecule has 1 aromatic heterocycles. The van der Waals surface area contributed by atoms with Gasteiger partial charge in [0.15, 0.2) is 5.13 Å². The number of fused-ring (bicyclic) bond motifs is 1. The van der Waals surface area contributed by atoms with Crippen LogP contribution in [0.4, 0.5) is 10.8 Å². The van der Waals surface area contributed by atoms with Crippen molar-refractivity contribution in [1.82, 2.24) is 9.88 Å². The van der Waals surface area contributed by atoms with E-state index < -0.39 is 0 Å². The molecule has 3 aromatic rings. The highest BCUT2D eigenvalue weighted by atomic mass is 32.1. The summed E-state index contributed by atoms with van der Waals surface area (Å²) in [6.45, 7) is 6.80. The second kappa shape index (κ2) is 7.79. The summed E-state index contributed by atoms with van der Waals surface area (Å²) in [5, 5.41) is 11.8. The SMILES string of the molecule is Cc1ccc(C)c(CC(=O)N2CCN(c3nc4ccc([N+](=O)[O-])cc4s3)CC2)c1. The van der Waals surface area contributed by atoms with Gasteiger partial charge in [-0.25, -0.2) is 4.98 Å². The van der Waals surface area contributed by atoms with Gasteiger partial charge in [0.2, 0.25) is 5.91 Å². The van der Waals surface area contributed by atoms with E-state index in [9.17, 15) is 14.9 Å². The molecular weight excluding hydrogens is 388 g/mol. The zero-order valence-electron chi connectivity index (χ0n) is 16.4. The molecule has 0 aliphatic carbocycles. The van der Waals surface area contributed by atoms with Crippen LogP contribution in [0.2, 0.25) is 0 Å². The number of aryl methyl sites for hydroxylation is 2. The molecule has 150 valence electrons. The Morgan fingerprint density at radius 2 is 1.90 bits per heavy atom. The fourth-order valence-corrected chi connectivity index (χ4v) is 4.61. The van der Waals surface area contributed by atoms with Gasteiger partial charge >= 0.3 is 0 Å². The summed E-state index contributed by atoms with van der Waals surface area (Å²) < 4.78 is 0.808. The van der Waals surface area contributed by atoms with Gasteiger partial charge in [-0.3, -0.25) is 14.9 Å². The lowest BCUT2D eigenvalue weighted by atomic mass is 10.0. The van der Waals surface area contributed by atoms with Gasteiger partial charge in [-0.2, -0.15) is 0 Å². The van der Waals surface area contributed by atoms with Gasteiger partial charge in [-0.1, -0.05) is 35.1 Å². The Kier molecular flexibility index (Phi) is 5.19. The van der Waals surface area contributed by atoms with Crippen LogP contribution in [0.5, 0.6) is 0 Å². The van der Waals surface area contributed by atoms with Crippen molar-refractivity contribution < 1.29 is 9.72 Å². The predicted octanol–water partition coefficient (Wildman–Crippen LogP) is 3.71. The lowest BCUT2D eigenvalue weighted by Gasteiger charge is -2.34. The van der Waals surface area contributed by atoms with Crippen LogP contribution in [-0.4, -0.2) is 46.9 Å². The van der Waals surface area contributed by atoms with Crippen molar-refractivity contribution in [2.24, 2.45) is 0 Å². The number of piperazine rings is 1. The quantitative estimate of drug-likeness (QED) is 0.484. The number of amides is 1. The van der Waals surface area contributed by atoms with E-state index in [4.69, 9.17) is 0 Å². The standard InChI is InChI=1S/C21H22N4O3S/c1-14-3-4-15(2)16(11-14)12-20(26)23-7-9-24(10-8-23)21-22-18-6-5-17(25(27)28)13-19(18)29-21/h3-6,11,13H,7-10,12H2,1-2H3. The smallest absolute Gasteiger partial charge is 0.270 e. The molecule has 2 heterocycles. The summed E-state index contributed by atoms with van der Waals surface area (Å²) in [5.74, 6) is 0.151. The van der Waals surface area contributed by atoms with E-state index in [1.54, 1.807) is 12.1 Å². The third kappa shape index (κ3) is 4.07. The number of hydrogen-bond acceptors (Lipinski definition) is 6. The molecule has 1 fully saturated rings. The fourth-order valence-electron chi connectivity index (χ4n) is 3.56.